The average molecular weight is 403 g/mol. The van der Waals surface area contributed by atoms with Gasteiger partial charge < -0.3 is 9.64 Å². The van der Waals surface area contributed by atoms with Gasteiger partial charge in [0.15, 0.2) is 11.0 Å². The number of fused-ring (bicyclic) bond motifs is 3. The number of carbonyl (C=O) groups is 1. The highest BCUT2D eigenvalue weighted by Gasteiger charge is 2.41. The summed E-state index contributed by atoms with van der Waals surface area (Å²) in [4.78, 5) is 20.3. The minimum atomic E-state index is 0.0427. The molecule has 3 aliphatic rings. The number of ketones is 1. The first-order chi connectivity index (χ1) is 14.1. The Morgan fingerprint density at radius 3 is 2.62 bits per heavy atom. The zero-order valence-electron chi connectivity index (χ0n) is 16.7. The number of benzene rings is 2. The minimum absolute atomic E-state index is 0.0427. The third-order valence-electron chi connectivity index (χ3n) is 5.88. The van der Waals surface area contributed by atoms with Gasteiger partial charge in [-0.15, -0.1) is 0 Å². The second kappa shape index (κ2) is 6.92. The maximum atomic E-state index is 12.2. The van der Waals surface area contributed by atoms with Crippen LogP contribution >= 0.6 is 11.8 Å². The maximum absolute atomic E-state index is 12.2. The lowest BCUT2D eigenvalue weighted by Crippen LogP contribution is -2.34. The van der Waals surface area contributed by atoms with Crippen LogP contribution in [0.15, 0.2) is 69.7 Å². The molecule has 29 heavy (non-hydrogen) atoms. The van der Waals surface area contributed by atoms with Gasteiger partial charge in [0.05, 0.1) is 23.8 Å². The highest BCUT2D eigenvalue weighted by atomic mass is 32.2. The summed E-state index contributed by atoms with van der Waals surface area (Å²) >= 11 is 1.49. The summed E-state index contributed by atoms with van der Waals surface area (Å²) in [6.45, 7) is 3.67. The van der Waals surface area contributed by atoms with Gasteiger partial charge in [-0.25, -0.2) is 4.99 Å². The van der Waals surface area contributed by atoms with E-state index in [0.717, 1.165) is 40.1 Å². The molecule has 0 N–H and O–H groups in total. The Labute approximate surface area is 175 Å². The van der Waals surface area contributed by atoms with Crippen LogP contribution < -0.4 is 4.74 Å². The van der Waals surface area contributed by atoms with Crippen molar-refractivity contribution in [3.8, 4) is 5.75 Å². The number of hydrogen-bond acceptors (Lipinski definition) is 5. The molecule has 1 aliphatic carbocycles. The number of aliphatic imine (C=N–C) groups is 1. The molecule has 0 saturated heterocycles. The summed E-state index contributed by atoms with van der Waals surface area (Å²) in [6, 6.07) is 16.8. The number of methoxy groups -OCH3 is 1. The predicted molar refractivity (Wildman–Crippen MR) is 118 cm³/mol. The summed E-state index contributed by atoms with van der Waals surface area (Å²) in [7, 11) is 1.68. The molecular weight excluding hydrogens is 380 g/mol. The van der Waals surface area contributed by atoms with Crippen LogP contribution in [0.3, 0.4) is 0 Å². The Kier molecular flexibility index (Phi) is 4.36. The molecule has 0 amide bonds. The predicted octanol–water partition coefficient (Wildman–Crippen LogP) is 5.33. The third kappa shape index (κ3) is 2.84. The Morgan fingerprint density at radius 2 is 1.90 bits per heavy atom. The van der Waals surface area contributed by atoms with E-state index in [1.807, 2.05) is 19.1 Å². The van der Waals surface area contributed by atoms with Crippen LogP contribution in [0, 0.1) is 0 Å². The molecule has 0 fully saturated rings. The molecule has 5 heteroatoms. The summed E-state index contributed by atoms with van der Waals surface area (Å²) in [5.74, 6) is 0.936. The van der Waals surface area contributed by atoms with Crippen molar-refractivity contribution in [2.24, 2.45) is 4.99 Å². The largest absolute Gasteiger partial charge is 0.497 e. The molecule has 0 aromatic heterocycles. The van der Waals surface area contributed by atoms with Crippen molar-refractivity contribution in [3.63, 3.8) is 0 Å². The van der Waals surface area contributed by atoms with Gasteiger partial charge in [0.2, 0.25) is 0 Å². The van der Waals surface area contributed by atoms with Crippen molar-refractivity contribution in [1.29, 1.82) is 0 Å². The normalized spacial score (nSPS) is 20.2. The molecule has 2 aromatic carbocycles. The van der Waals surface area contributed by atoms with Crippen molar-refractivity contribution in [1.82, 2.24) is 4.90 Å². The molecule has 2 aliphatic heterocycles. The fourth-order valence-corrected chi connectivity index (χ4v) is 5.54. The third-order valence-corrected chi connectivity index (χ3v) is 7.13. The van der Waals surface area contributed by atoms with Gasteiger partial charge in [0, 0.05) is 11.3 Å². The van der Waals surface area contributed by atoms with E-state index in [-0.39, 0.29) is 11.8 Å². The first-order valence-electron chi connectivity index (χ1n) is 9.81. The van der Waals surface area contributed by atoms with Crippen molar-refractivity contribution >= 4 is 28.4 Å². The van der Waals surface area contributed by atoms with E-state index >= 15 is 0 Å². The highest BCUT2D eigenvalue weighted by molar-refractivity contribution is 8.18. The zero-order chi connectivity index (χ0) is 20.1. The fourth-order valence-electron chi connectivity index (χ4n) is 4.49. The number of Topliss-reactive ketones (excluding diaryl/α,β-unsaturated/α-hetero) is 1. The topological polar surface area (TPSA) is 41.9 Å². The second-order valence-electron chi connectivity index (χ2n) is 7.54. The first kappa shape index (κ1) is 18.3. The Balaban J connectivity index is 1.71. The van der Waals surface area contributed by atoms with Crippen molar-refractivity contribution in [2.45, 2.75) is 32.7 Å². The number of hydrogen-bond donors (Lipinski definition) is 0. The van der Waals surface area contributed by atoms with Crippen LogP contribution in [0.4, 0.5) is 0 Å². The molecule has 4 nitrogen and oxygen atoms in total. The molecule has 0 saturated carbocycles. The van der Waals surface area contributed by atoms with Gasteiger partial charge in [0.1, 0.15) is 5.75 Å². The molecule has 146 valence electrons. The van der Waals surface area contributed by atoms with E-state index in [4.69, 9.17) is 9.73 Å². The molecule has 1 unspecified atom stereocenters. The molecule has 5 rings (SSSR count). The average Bonchev–Trinajstić information content (AvgIpc) is 3.08. The molecule has 0 radical (unpaired) electrons. The Morgan fingerprint density at radius 1 is 1.14 bits per heavy atom. The number of amidine groups is 1. The van der Waals surface area contributed by atoms with Gasteiger partial charge >= 0.3 is 0 Å². The molecule has 2 heterocycles. The number of aryl methyl sites for hydroxylation is 1. The lowest BCUT2D eigenvalue weighted by molar-refractivity contribution is -0.113. The van der Waals surface area contributed by atoms with Crippen LogP contribution in [0.25, 0.3) is 5.70 Å². The van der Waals surface area contributed by atoms with Crippen LogP contribution in [0.5, 0.6) is 5.75 Å². The van der Waals surface area contributed by atoms with Gasteiger partial charge in [0.25, 0.3) is 0 Å². The Hall–Kier alpha value is -2.79. The van der Waals surface area contributed by atoms with Crippen molar-refractivity contribution in [3.05, 3.63) is 81.4 Å². The van der Waals surface area contributed by atoms with Crippen LogP contribution in [0.1, 0.15) is 43.0 Å². The van der Waals surface area contributed by atoms with Gasteiger partial charge in [-0.2, -0.15) is 0 Å². The van der Waals surface area contributed by atoms with E-state index in [9.17, 15) is 4.79 Å². The number of nitrogens with zero attached hydrogens (tertiary/aromatic N) is 2. The number of ether oxygens (including phenoxy) is 1. The summed E-state index contributed by atoms with van der Waals surface area (Å²) in [5.41, 5.74) is 7.14. The molecule has 2 aromatic rings. The number of carbonyl (C=O) groups excluding carboxylic acids is 1. The maximum Gasteiger partial charge on any atom is 0.174 e. The summed E-state index contributed by atoms with van der Waals surface area (Å²) in [6.07, 6.45) is 1.97. The van der Waals surface area contributed by atoms with E-state index in [2.05, 4.69) is 41.3 Å². The van der Waals surface area contributed by atoms with Crippen molar-refractivity contribution < 1.29 is 9.53 Å². The van der Waals surface area contributed by atoms with Crippen molar-refractivity contribution in [2.75, 3.05) is 7.11 Å². The van der Waals surface area contributed by atoms with Gasteiger partial charge in [-0.05, 0) is 67.3 Å². The van der Waals surface area contributed by atoms with Gasteiger partial charge in [-0.1, -0.05) is 36.4 Å². The second-order valence-corrected chi connectivity index (χ2v) is 8.52. The van der Waals surface area contributed by atoms with E-state index in [0.29, 0.717) is 0 Å². The number of allylic oxidation sites excluding steroid dienone is 2. The summed E-state index contributed by atoms with van der Waals surface area (Å²) in [5, 5.41) is 0.893. The fraction of sp³-hybridized carbons (Fsp3) is 0.250. The van der Waals surface area contributed by atoms with E-state index in [1.165, 1.54) is 34.0 Å². The van der Waals surface area contributed by atoms with Crippen LogP contribution in [-0.4, -0.2) is 23.0 Å². The smallest absolute Gasteiger partial charge is 0.174 e. The minimum Gasteiger partial charge on any atom is -0.497 e. The molecule has 0 bridgehead atoms. The van der Waals surface area contributed by atoms with E-state index < -0.39 is 0 Å². The molecule has 1 atom stereocenters. The van der Waals surface area contributed by atoms with Crippen LogP contribution in [0.2, 0.25) is 0 Å². The monoisotopic (exact) mass is 402 g/mol. The number of thioether (sulfide) groups is 1. The van der Waals surface area contributed by atoms with E-state index in [1.54, 1.807) is 14.0 Å². The standard InChI is InChI=1S/C24H22N2O2S/c1-14-23(15(2)27)29-24-25-21-19-7-5-4-6-16(19)10-13-20(21)22(26(14)24)17-8-11-18(28-3)12-9-17/h4-9,11-12,22H,10,13H2,1-3H3. The Bertz CT molecular complexity index is 1110. The lowest BCUT2D eigenvalue weighted by Gasteiger charge is -2.39. The quantitative estimate of drug-likeness (QED) is 0.696. The lowest BCUT2D eigenvalue weighted by atomic mass is 9.82. The molecule has 0 spiro atoms. The zero-order valence-corrected chi connectivity index (χ0v) is 17.5. The highest BCUT2D eigenvalue weighted by Crippen LogP contribution is 2.51. The SMILES string of the molecule is COc1ccc(C2C3=C(N=C4SC(C(C)=O)=C(C)N42)c2ccccc2CC3)cc1. The first-order valence-corrected chi connectivity index (χ1v) is 10.6. The molecular formula is C24H22N2O2S. The van der Waals surface area contributed by atoms with Gasteiger partial charge in [-0.3, -0.25) is 4.79 Å². The summed E-state index contributed by atoms with van der Waals surface area (Å²) < 4.78 is 5.36. The number of rotatable bonds is 3. The van der Waals surface area contributed by atoms with Crippen LogP contribution in [-0.2, 0) is 11.2 Å².